The van der Waals surface area contributed by atoms with Crippen LogP contribution < -0.4 is 20.1 Å². The highest BCUT2D eigenvalue weighted by atomic mass is 32.1. The van der Waals surface area contributed by atoms with Crippen molar-refractivity contribution < 1.29 is 14.3 Å². The number of thiazole rings is 1. The van der Waals surface area contributed by atoms with Gasteiger partial charge in [-0.3, -0.25) is 4.79 Å². The fourth-order valence-electron chi connectivity index (χ4n) is 2.45. The number of anilines is 1. The molecule has 2 aromatic rings. The molecular formula is C17H21N3O3S. The third kappa shape index (κ3) is 3.46. The lowest BCUT2D eigenvalue weighted by molar-refractivity contribution is 0.0949. The third-order valence-electron chi connectivity index (χ3n) is 3.96. The number of benzene rings is 1. The molecule has 1 aliphatic rings. The monoisotopic (exact) mass is 347 g/mol. The van der Waals surface area contributed by atoms with E-state index in [4.69, 9.17) is 9.47 Å². The van der Waals surface area contributed by atoms with Crippen molar-refractivity contribution >= 4 is 22.4 Å². The van der Waals surface area contributed by atoms with E-state index in [9.17, 15) is 4.79 Å². The second-order valence-electron chi connectivity index (χ2n) is 6.20. The van der Waals surface area contributed by atoms with Gasteiger partial charge < -0.3 is 20.1 Å². The van der Waals surface area contributed by atoms with Gasteiger partial charge in [-0.1, -0.05) is 31.3 Å². The average Bonchev–Trinajstić information content (AvgIpc) is 3.08. The smallest absolute Gasteiger partial charge is 0.263 e. The highest BCUT2D eigenvalue weighted by Gasteiger charge is 2.24. The van der Waals surface area contributed by atoms with Gasteiger partial charge >= 0.3 is 0 Å². The minimum absolute atomic E-state index is 0.111. The molecule has 0 unspecified atom stereocenters. The van der Waals surface area contributed by atoms with Crippen molar-refractivity contribution in [1.82, 2.24) is 10.3 Å². The summed E-state index contributed by atoms with van der Waals surface area (Å²) in [4.78, 5) is 17.0. The van der Waals surface area contributed by atoms with E-state index >= 15 is 0 Å². The second kappa shape index (κ2) is 6.68. The summed E-state index contributed by atoms with van der Waals surface area (Å²) in [7, 11) is 1.78. The van der Waals surface area contributed by atoms with Crippen molar-refractivity contribution in [2.45, 2.75) is 19.3 Å². The normalized spacial score (nSPS) is 13.5. The molecule has 3 rings (SSSR count). The van der Waals surface area contributed by atoms with Crippen molar-refractivity contribution in [3.8, 4) is 11.5 Å². The first-order chi connectivity index (χ1) is 11.5. The maximum atomic E-state index is 12.3. The lowest BCUT2D eigenvalue weighted by Gasteiger charge is -2.27. The van der Waals surface area contributed by atoms with Crippen molar-refractivity contribution in [3.05, 3.63) is 34.8 Å². The molecule has 0 radical (unpaired) electrons. The maximum Gasteiger partial charge on any atom is 0.263 e. The summed E-state index contributed by atoms with van der Waals surface area (Å²) in [6, 6.07) is 5.94. The molecule has 2 heterocycles. The fraction of sp³-hybridized carbons (Fsp3) is 0.412. The topological polar surface area (TPSA) is 72.5 Å². The number of carbonyl (C=O) groups is 1. The molecule has 1 aromatic carbocycles. The van der Waals surface area contributed by atoms with E-state index in [0.717, 1.165) is 22.2 Å². The molecule has 1 amide bonds. The number of nitrogens with one attached hydrogen (secondary N) is 2. The molecule has 24 heavy (non-hydrogen) atoms. The summed E-state index contributed by atoms with van der Waals surface area (Å²) in [6.45, 7) is 5.83. The molecule has 7 heteroatoms. The predicted octanol–water partition coefficient (Wildman–Crippen LogP) is 2.66. The Bertz CT molecular complexity index is 742. The van der Waals surface area contributed by atoms with E-state index in [-0.39, 0.29) is 11.3 Å². The predicted molar refractivity (Wildman–Crippen MR) is 94.5 cm³/mol. The zero-order chi connectivity index (χ0) is 17.2. The van der Waals surface area contributed by atoms with Gasteiger partial charge in [0.25, 0.3) is 5.91 Å². The number of amides is 1. The van der Waals surface area contributed by atoms with Gasteiger partial charge in [0, 0.05) is 19.0 Å². The molecule has 128 valence electrons. The molecule has 1 aromatic heterocycles. The van der Waals surface area contributed by atoms with Crippen LogP contribution in [-0.4, -0.2) is 37.7 Å². The molecule has 0 fully saturated rings. The lowest BCUT2D eigenvalue weighted by Crippen LogP contribution is -2.36. The van der Waals surface area contributed by atoms with Gasteiger partial charge in [0.1, 0.15) is 18.1 Å². The Hall–Kier alpha value is -2.28. The molecule has 0 saturated carbocycles. The summed E-state index contributed by atoms with van der Waals surface area (Å²) in [6.07, 6.45) is 1.59. The average molecular weight is 347 g/mol. The number of fused-ring (bicyclic) bond motifs is 1. The third-order valence-corrected chi connectivity index (χ3v) is 4.97. The standard InChI is InChI=1S/C17H21N3O3S/c1-17(2,10-20-15(21)14-9-19-16(18-3)24-14)11-4-5-12-13(8-11)23-7-6-22-12/h4-5,8-9H,6-7,10H2,1-3H3,(H,18,19)(H,20,21). The Labute approximate surface area is 145 Å². The van der Waals surface area contributed by atoms with Gasteiger partial charge in [-0.15, -0.1) is 0 Å². The van der Waals surface area contributed by atoms with Crippen LogP contribution >= 0.6 is 11.3 Å². The van der Waals surface area contributed by atoms with Gasteiger partial charge in [0.15, 0.2) is 16.6 Å². The van der Waals surface area contributed by atoms with Gasteiger partial charge in [0.05, 0.1) is 6.20 Å². The van der Waals surface area contributed by atoms with Crippen LogP contribution in [0.1, 0.15) is 29.1 Å². The van der Waals surface area contributed by atoms with Crippen LogP contribution in [0.3, 0.4) is 0 Å². The number of hydrogen-bond acceptors (Lipinski definition) is 6. The summed E-state index contributed by atoms with van der Waals surface area (Å²) in [5.74, 6) is 1.42. The van der Waals surface area contributed by atoms with Crippen LogP contribution in [0.15, 0.2) is 24.4 Å². The van der Waals surface area contributed by atoms with Crippen LogP contribution in [0.4, 0.5) is 5.13 Å². The van der Waals surface area contributed by atoms with Crippen molar-refractivity contribution in [2.24, 2.45) is 0 Å². The van der Waals surface area contributed by atoms with Gasteiger partial charge in [-0.05, 0) is 17.7 Å². The molecule has 6 nitrogen and oxygen atoms in total. The Balaban J connectivity index is 1.68. The van der Waals surface area contributed by atoms with Crippen LogP contribution in [0.2, 0.25) is 0 Å². The number of hydrogen-bond donors (Lipinski definition) is 2. The van der Waals surface area contributed by atoms with Crippen molar-refractivity contribution in [3.63, 3.8) is 0 Å². The lowest BCUT2D eigenvalue weighted by atomic mass is 9.84. The highest BCUT2D eigenvalue weighted by molar-refractivity contribution is 7.17. The summed E-state index contributed by atoms with van der Waals surface area (Å²) < 4.78 is 11.2. The molecule has 1 aliphatic heterocycles. The van der Waals surface area contributed by atoms with Gasteiger partial charge in [-0.25, -0.2) is 4.98 Å². The molecule has 0 spiro atoms. The van der Waals surface area contributed by atoms with E-state index in [2.05, 4.69) is 29.5 Å². The number of rotatable bonds is 5. The van der Waals surface area contributed by atoms with Crippen LogP contribution in [0.25, 0.3) is 0 Å². The first-order valence-corrected chi connectivity index (χ1v) is 8.63. The molecule has 0 bridgehead atoms. The van der Waals surface area contributed by atoms with Crippen molar-refractivity contribution in [2.75, 3.05) is 32.1 Å². The summed E-state index contributed by atoms with van der Waals surface area (Å²) in [5, 5.41) is 6.65. The zero-order valence-electron chi connectivity index (χ0n) is 14.0. The second-order valence-corrected chi connectivity index (χ2v) is 7.24. The SMILES string of the molecule is CNc1ncc(C(=O)NCC(C)(C)c2ccc3c(c2)OCCO3)s1. The van der Waals surface area contributed by atoms with E-state index < -0.39 is 0 Å². The van der Waals surface area contributed by atoms with Crippen LogP contribution in [-0.2, 0) is 5.41 Å². The van der Waals surface area contributed by atoms with E-state index in [1.165, 1.54) is 11.3 Å². The molecular weight excluding hydrogens is 326 g/mol. The number of aromatic nitrogens is 1. The van der Waals surface area contributed by atoms with E-state index in [1.54, 1.807) is 13.2 Å². The number of ether oxygens (including phenoxy) is 2. The van der Waals surface area contributed by atoms with E-state index in [0.29, 0.717) is 24.6 Å². The van der Waals surface area contributed by atoms with E-state index in [1.807, 2.05) is 18.2 Å². The molecule has 2 N–H and O–H groups in total. The minimum atomic E-state index is -0.234. The summed E-state index contributed by atoms with van der Waals surface area (Å²) >= 11 is 1.34. The highest BCUT2D eigenvalue weighted by Crippen LogP contribution is 2.35. The summed E-state index contributed by atoms with van der Waals surface area (Å²) in [5.41, 5.74) is 0.856. The maximum absolute atomic E-state index is 12.3. The Kier molecular flexibility index (Phi) is 4.62. The zero-order valence-corrected chi connectivity index (χ0v) is 14.8. The fourth-order valence-corrected chi connectivity index (χ4v) is 3.14. The largest absolute Gasteiger partial charge is 0.486 e. The number of nitrogens with zero attached hydrogens (tertiary/aromatic N) is 1. The van der Waals surface area contributed by atoms with Crippen LogP contribution in [0.5, 0.6) is 11.5 Å². The Morgan fingerprint density at radius 2 is 2.04 bits per heavy atom. The first kappa shape index (κ1) is 16.6. The van der Waals surface area contributed by atoms with Gasteiger partial charge in [-0.2, -0.15) is 0 Å². The molecule has 0 atom stereocenters. The number of carbonyl (C=O) groups excluding carboxylic acids is 1. The van der Waals surface area contributed by atoms with Crippen molar-refractivity contribution in [1.29, 1.82) is 0 Å². The van der Waals surface area contributed by atoms with Crippen LogP contribution in [0, 0.1) is 0 Å². The Morgan fingerprint density at radius 3 is 2.75 bits per heavy atom. The quantitative estimate of drug-likeness (QED) is 0.870. The molecule has 0 saturated heterocycles. The first-order valence-electron chi connectivity index (χ1n) is 7.81. The minimum Gasteiger partial charge on any atom is -0.486 e. The Morgan fingerprint density at radius 1 is 1.29 bits per heavy atom. The van der Waals surface area contributed by atoms with Gasteiger partial charge in [0.2, 0.25) is 0 Å². The molecule has 0 aliphatic carbocycles.